The van der Waals surface area contributed by atoms with Crippen LogP contribution in [0.2, 0.25) is 5.02 Å². The summed E-state index contributed by atoms with van der Waals surface area (Å²) in [4.78, 5) is 4.86. The molecule has 1 heterocycles. The zero-order valence-corrected chi connectivity index (χ0v) is 13.4. The lowest BCUT2D eigenvalue weighted by molar-refractivity contribution is 0.178. The van der Waals surface area contributed by atoms with Crippen LogP contribution in [0.1, 0.15) is 12.8 Å². The molecule has 1 N–H and O–H groups in total. The van der Waals surface area contributed by atoms with Crippen LogP contribution in [0.5, 0.6) is 0 Å². The number of hydrogen-bond acceptors (Lipinski definition) is 3. The Morgan fingerprint density at radius 1 is 1.30 bits per heavy atom. The van der Waals surface area contributed by atoms with E-state index in [1.165, 1.54) is 32.5 Å². The summed E-state index contributed by atoms with van der Waals surface area (Å²) in [6.07, 6.45) is 2.66. The van der Waals surface area contributed by atoms with Gasteiger partial charge in [0.25, 0.3) is 0 Å². The van der Waals surface area contributed by atoms with Crippen molar-refractivity contribution in [2.45, 2.75) is 12.8 Å². The highest BCUT2D eigenvalue weighted by Gasteiger charge is 2.17. The number of hydrogen-bond donors (Lipinski definition) is 1. The third kappa shape index (κ3) is 4.97. The van der Waals surface area contributed by atoms with Crippen LogP contribution in [-0.4, -0.2) is 56.6 Å². The molecule has 0 aromatic heterocycles. The highest BCUT2D eigenvalue weighted by atomic mass is 35.5. The molecule has 0 atom stereocenters. The maximum atomic E-state index is 6.13. The van der Waals surface area contributed by atoms with Gasteiger partial charge in [0.1, 0.15) is 0 Å². The predicted octanol–water partition coefficient (Wildman–Crippen LogP) is 3.03. The van der Waals surface area contributed by atoms with Gasteiger partial charge in [-0.3, -0.25) is 0 Å². The minimum atomic E-state index is 0.797. The van der Waals surface area contributed by atoms with E-state index in [0.717, 1.165) is 29.7 Å². The van der Waals surface area contributed by atoms with E-state index in [1.807, 2.05) is 24.3 Å². The summed E-state index contributed by atoms with van der Waals surface area (Å²) < 4.78 is 0. The number of nitrogens with zero attached hydrogens (tertiary/aromatic N) is 2. The molecule has 1 saturated heterocycles. The molecular formula is C16H26ClN3. The van der Waals surface area contributed by atoms with E-state index in [0.29, 0.717) is 0 Å². The number of anilines is 1. The molecule has 4 heteroatoms. The molecule has 1 fully saturated rings. The van der Waals surface area contributed by atoms with Gasteiger partial charge in [-0.25, -0.2) is 0 Å². The smallest absolute Gasteiger partial charge is 0.0637 e. The Morgan fingerprint density at radius 2 is 2.00 bits per heavy atom. The van der Waals surface area contributed by atoms with Gasteiger partial charge in [-0.05, 0) is 58.1 Å². The van der Waals surface area contributed by atoms with Gasteiger partial charge >= 0.3 is 0 Å². The van der Waals surface area contributed by atoms with E-state index < -0.39 is 0 Å². The van der Waals surface area contributed by atoms with E-state index in [-0.39, 0.29) is 0 Å². The Balaban J connectivity index is 1.65. The molecule has 1 aliphatic heterocycles. The van der Waals surface area contributed by atoms with E-state index in [9.17, 15) is 0 Å². The summed E-state index contributed by atoms with van der Waals surface area (Å²) >= 11 is 6.13. The van der Waals surface area contributed by atoms with Crippen LogP contribution in [-0.2, 0) is 0 Å². The summed E-state index contributed by atoms with van der Waals surface area (Å²) in [5.74, 6) is 0.858. The molecule has 2 rings (SSSR count). The number of likely N-dealkylation sites (tertiary alicyclic amines) is 1. The van der Waals surface area contributed by atoms with Crippen molar-refractivity contribution in [2.24, 2.45) is 5.92 Å². The van der Waals surface area contributed by atoms with Crippen LogP contribution in [0.3, 0.4) is 0 Å². The SMILES string of the molecule is CN1CCC(CN(C)CCNc2ccccc2Cl)CC1. The van der Waals surface area contributed by atoms with E-state index in [4.69, 9.17) is 11.6 Å². The topological polar surface area (TPSA) is 18.5 Å². The maximum absolute atomic E-state index is 6.13. The second-order valence-electron chi connectivity index (χ2n) is 5.92. The van der Waals surface area contributed by atoms with E-state index in [2.05, 4.69) is 29.2 Å². The van der Waals surface area contributed by atoms with Gasteiger partial charge in [0.05, 0.1) is 10.7 Å². The molecule has 1 aromatic rings. The highest BCUT2D eigenvalue weighted by molar-refractivity contribution is 6.33. The average Bonchev–Trinajstić information content (AvgIpc) is 2.43. The largest absolute Gasteiger partial charge is 0.383 e. The summed E-state index contributed by atoms with van der Waals surface area (Å²) in [5, 5.41) is 4.20. The van der Waals surface area contributed by atoms with Crippen molar-refractivity contribution < 1.29 is 0 Å². The highest BCUT2D eigenvalue weighted by Crippen LogP contribution is 2.20. The molecule has 0 amide bonds. The van der Waals surface area contributed by atoms with Crippen LogP contribution in [0.25, 0.3) is 0 Å². The van der Waals surface area contributed by atoms with Gasteiger partial charge in [-0.15, -0.1) is 0 Å². The van der Waals surface area contributed by atoms with Crippen molar-refractivity contribution in [2.75, 3.05) is 52.1 Å². The Kier molecular flexibility index (Phi) is 6.14. The molecule has 0 unspecified atom stereocenters. The lowest BCUT2D eigenvalue weighted by Gasteiger charge is -2.31. The summed E-state index contributed by atoms with van der Waals surface area (Å²) in [5.41, 5.74) is 1.03. The number of likely N-dealkylation sites (N-methyl/N-ethyl adjacent to an activating group) is 1. The second-order valence-corrected chi connectivity index (χ2v) is 6.32. The van der Waals surface area contributed by atoms with E-state index >= 15 is 0 Å². The minimum absolute atomic E-state index is 0.797. The Morgan fingerprint density at radius 3 is 2.70 bits per heavy atom. The molecule has 20 heavy (non-hydrogen) atoms. The normalized spacial score (nSPS) is 17.6. The molecule has 0 radical (unpaired) electrons. The molecule has 112 valence electrons. The zero-order chi connectivity index (χ0) is 14.4. The van der Waals surface area contributed by atoms with Crippen LogP contribution in [0, 0.1) is 5.92 Å². The van der Waals surface area contributed by atoms with Crippen LogP contribution < -0.4 is 5.32 Å². The van der Waals surface area contributed by atoms with Crippen LogP contribution in [0.4, 0.5) is 5.69 Å². The fourth-order valence-electron chi connectivity index (χ4n) is 2.76. The lowest BCUT2D eigenvalue weighted by atomic mass is 9.97. The van der Waals surface area contributed by atoms with Gasteiger partial charge in [-0.1, -0.05) is 23.7 Å². The number of rotatable bonds is 6. The number of nitrogens with one attached hydrogen (secondary N) is 1. The van der Waals surface area contributed by atoms with Gasteiger partial charge in [0.15, 0.2) is 0 Å². The van der Waals surface area contributed by atoms with Crippen molar-refractivity contribution in [3.05, 3.63) is 29.3 Å². The first-order valence-electron chi connectivity index (χ1n) is 7.50. The number of benzene rings is 1. The van der Waals surface area contributed by atoms with Gasteiger partial charge in [0.2, 0.25) is 0 Å². The van der Waals surface area contributed by atoms with Gasteiger partial charge < -0.3 is 15.1 Å². The van der Waals surface area contributed by atoms with E-state index in [1.54, 1.807) is 0 Å². The average molecular weight is 296 g/mol. The van der Waals surface area contributed by atoms with Crippen molar-refractivity contribution in [3.63, 3.8) is 0 Å². The number of halogens is 1. The fraction of sp³-hybridized carbons (Fsp3) is 0.625. The molecule has 1 aromatic carbocycles. The van der Waals surface area contributed by atoms with Crippen molar-refractivity contribution in [3.8, 4) is 0 Å². The summed E-state index contributed by atoms with van der Waals surface area (Å²) in [7, 11) is 4.43. The standard InChI is InChI=1S/C16H26ClN3/c1-19-10-7-14(8-11-19)13-20(2)12-9-18-16-6-4-3-5-15(16)17/h3-6,14,18H,7-13H2,1-2H3. The van der Waals surface area contributed by atoms with Crippen LogP contribution in [0.15, 0.2) is 24.3 Å². The molecule has 3 nitrogen and oxygen atoms in total. The van der Waals surface area contributed by atoms with Crippen molar-refractivity contribution in [1.82, 2.24) is 9.80 Å². The molecule has 0 aliphatic carbocycles. The first kappa shape index (κ1) is 15.6. The first-order chi connectivity index (χ1) is 9.65. The third-order valence-electron chi connectivity index (χ3n) is 4.09. The van der Waals surface area contributed by atoms with Crippen LogP contribution >= 0.6 is 11.6 Å². The van der Waals surface area contributed by atoms with Gasteiger partial charge in [-0.2, -0.15) is 0 Å². The third-order valence-corrected chi connectivity index (χ3v) is 4.42. The summed E-state index contributed by atoms with van der Waals surface area (Å²) in [6.45, 7) is 5.69. The number of para-hydroxylation sites is 1. The monoisotopic (exact) mass is 295 g/mol. The molecule has 1 aliphatic rings. The Hall–Kier alpha value is -0.770. The van der Waals surface area contributed by atoms with Gasteiger partial charge in [0, 0.05) is 19.6 Å². The summed E-state index contributed by atoms with van der Waals surface area (Å²) in [6, 6.07) is 7.92. The molecular weight excluding hydrogens is 270 g/mol. The quantitative estimate of drug-likeness (QED) is 0.870. The lowest BCUT2D eigenvalue weighted by Crippen LogP contribution is -2.37. The number of piperidine rings is 1. The fourth-order valence-corrected chi connectivity index (χ4v) is 2.97. The molecule has 0 bridgehead atoms. The maximum Gasteiger partial charge on any atom is 0.0637 e. The first-order valence-corrected chi connectivity index (χ1v) is 7.88. The second kappa shape index (κ2) is 7.87. The Bertz CT molecular complexity index is 402. The van der Waals surface area contributed by atoms with Crippen molar-refractivity contribution in [1.29, 1.82) is 0 Å². The van der Waals surface area contributed by atoms with Crippen molar-refractivity contribution >= 4 is 17.3 Å². The minimum Gasteiger partial charge on any atom is -0.383 e. The molecule has 0 saturated carbocycles. The Labute approximate surface area is 127 Å². The molecule has 0 spiro atoms. The zero-order valence-electron chi connectivity index (χ0n) is 12.6. The predicted molar refractivity (Wildman–Crippen MR) is 87.7 cm³/mol.